The summed E-state index contributed by atoms with van der Waals surface area (Å²) in [6, 6.07) is 9.85. The molecule has 1 aliphatic rings. The summed E-state index contributed by atoms with van der Waals surface area (Å²) in [6.07, 6.45) is 3.66. The van der Waals surface area contributed by atoms with Gasteiger partial charge in [0.05, 0.1) is 32.7 Å². The van der Waals surface area contributed by atoms with E-state index in [1.54, 1.807) is 14.2 Å². The molecule has 0 saturated carbocycles. The van der Waals surface area contributed by atoms with Crippen molar-refractivity contribution in [2.75, 3.05) is 58.5 Å². The first kappa shape index (κ1) is 20.2. The summed E-state index contributed by atoms with van der Waals surface area (Å²) in [7, 11) is 3.25. The van der Waals surface area contributed by atoms with Crippen LogP contribution in [0.3, 0.4) is 0 Å². The minimum atomic E-state index is 0.210. The number of piperazine rings is 1. The van der Waals surface area contributed by atoms with Gasteiger partial charge in [0.1, 0.15) is 11.6 Å². The van der Waals surface area contributed by atoms with Gasteiger partial charge in [-0.25, -0.2) is 9.97 Å². The van der Waals surface area contributed by atoms with Gasteiger partial charge in [0.2, 0.25) is 0 Å². The highest BCUT2D eigenvalue weighted by atomic mass is 16.5. The number of benzene rings is 1. The molecule has 1 aromatic carbocycles. The molecule has 0 unspecified atom stereocenters. The molecule has 1 aliphatic heterocycles. The highest BCUT2D eigenvalue weighted by molar-refractivity contribution is 5.67. The van der Waals surface area contributed by atoms with Crippen LogP contribution >= 0.6 is 0 Å². The third kappa shape index (κ3) is 4.24. The second-order valence-electron chi connectivity index (χ2n) is 7.17. The number of imidazole rings is 1. The van der Waals surface area contributed by atoms with Crippen molar-refractivity contribution in [2.24, 2.45) is 0 Å². The minimum absolute atomic E-state index is 0.210. The van der Waals surface area contributed by atoms with E-state index in [0.717, 1.165) is 61.2 Å². The van der Waals surface area contributed by atoms with Crippen molar-refractivity contribution >= 4 is 5.82 Å². The molecule has 0 amide bonds. The number of anilines is 1. The van der Waals surface area contributed by atoms with Crippen LogP contribution in [0, 0.1) is 0 Å². The second kappa shape index (κ2) is 9.15. The Balaban J connectivity index is 1.46. The molecule has 0 atom stereocenters. The minimum Gasteiger partial charge on any atom is -0.493 e. The molecule has 0 spiro atoms. The molecule has 0 radical (unpaired) electrons. The van der Waals surface area contributed by atoms with E-state index < -0.39 is 0 Å². The van der Waals surface area contributed by atoms with Crippen LogP contribution in [-0.4, -0.2) is 78.5 Å². The average Bonchev–Trinajstić information content (AvgIpc) is 3.30. The molecular formula is C22H27N5O3. The van der Waals surface area contributed by atoms with E-state index in [1.807, 2.05) is 42.7 Å². The monoisotopic (exact) mass is 409 g/mol. The average molecular weight is 409 g/mol. The molecule has 3 aromatic rings. The maximum Gasteiger partial charge on any atom is 0.161 e. The van der Waals surface area contributed by atoms with E-state index in [1.165, 1.54) is 0 Å². The standard InChI is InChI=1S/C22H27N5O3/c1-29-19-5-3-16(13-20(19)30-2)18-15-24-22(25-18)17-4-6-21(23-14-17)27-9-7-26(8-10-27)11-12-28/h3-6,13-15,28H,7-12H2,1-2H3,(H,24,25). The molecule has 2 N–H and O–H groups in total. The van der Waals surface area contributed by atoms with Crippen molar-refractivity contribution in [3.05, 3.63) is 42.7 Å². The number of nitrogens with one attached hydrogen (secondary N) is 1. The lowest BCUT2D eigenvalue weighted by Crippen LogP contribution is -2.47. The fraction of sp³-hybridized carbons (Fsp3) is 0.364. The number of H-pyrrole nitrogens is 1. The van der Waals surface area contributed by atoms with Crippen molar-refractivity contribution in [1.29, 1.82) is 0 Å². The normalized spacial score (nSPS) is 14.7. The lowest BCUT2D eigenvalue weighted by atomic mass is 10.1. The molecule has 8 nitrogen and oxygen atoms in total. The van der Waals surface area contributed by atoms with Crippen molar-refractivity contribution in [2.45, 2.75) is 0 Å². The van der Waals surface area contributed by atoms with Crippen LogP contribution in [0.2, 0.25) is 0 Å². The molecule has 8 heteroatoms. The molecule has 1 saturated heterocycles. The van der Waals surface area contributed by atoms with Gasteiger partial charge in [0.25, 0.3) is 0 Å². The molecular weight excluding hydrogens is 382 g/mol. The van der Waals surface area contributed by atoms with Crippen LogP contribution in [0.25, 0.3) is 22.6 Å². The maximum absolute atomic E-state index is 9.08. The van der Waals surface area contributed by atoms with Crippen LogP contribution in [0.4, 0.5) is 5.82 Å². The van der Waals surface area contributed by atoms with Gasteiger partial charge in [-0.15, -0.1) is 0 Å². The molecule has 1 fully saturated rings. The number of aromatic nitrogens is 3. The van der Waals surface area contributed by atoms with Gasteiger partial charge in [-0.3, -0.25) is 4.90 Å². The van der Waals surface area contributed by atoms with Crippen molar-refractivity contribution in [3.8, 4) is 34.1 Å². The van der Waals surface area contributed by atoms with Gasteiger partial charge in [0, 0.05) is 50.0 Å². The summed E-state index contributed by atoms with van der Waals surface area (Å²) in [4.78, 5) is 17.1. The quantitative estimate of drug-likeness (QED) is 0.619. The third-order valence-corrected chi connectivity index (χ3v) is 5.40. The van der Waals surface area contributed by atoms with Crippen LogP contribution in [0.5, 0.6) is 11.5 Å². The Morgan fingerprint density at radius 2 is 1.70 bits per heavy atom. The Labute approximate surface area is 176 Å². The first-order valence-electron chi connectivity index (χ1n) is 10.0. The smallest absolute Gasteiger partial charge is 0.161 e. The number of aliphatic hydroxyl groups is 1. The lowest BCUT2D eigenvalue weighted by molar-refractivity contribution is 0.188. The Kier molecular flexibility index (Phi) is 6.15. The van der Waals surface area contributed by atoms with Gasteiger partial charge < -0.3 is 24.5 Å². The van der Waals surface area contributed by atoms with Crippen molar-refractivity contribution in [3.63, 3.8) is 0 Å². The zero-order valence-electron chi connectivity index (χ0n) is 17.3. The zero-order chi connectivity index (χ0) is 20.9. The fourth-order valence-corrected chi connectivity index (χ4v) is 3.67. The van der Waals surface area contributed by atoms with Crippen molar-refractivity contribution in [1.82, 2.24) is 19.9 Å². The fourth-order valence-electron chi connectivity index (χ4n) is 3.67. The van der Waals surface area contributed by atoms with Crippen molar-refractivity contribution < 1.29 is 14.6 Å². The summed E-state index contributed by atoms with van der Waals surface area (Å²) >= 11 is 0. The summed E-state index contributed by atoms with van der Waals surface area (Å²) in [6.45, 7) is 4.66. The van der Waals surface area contributed by atoms with Crippen LogP contribution < -0.4 is 14.4 Å². The molecule has 4 rings (SSSR count). The number of aliphatic hydroxyl groups excluding tert-OH is 1. The summed E-state index contributed by atoms with van der Waals surface area (Å²) in [5, 5.41) is 9.08. The molecule has 3 heterocycles. The molecule has 0 aliphatic carbocycles. The largest absolute Gasteiger partial charge is 0.493 e. The summed E-state index contributed by atoms with van der Waals surface area (Å²) in [5.41, 5.74) is 2.80. The second-order valence-corrected chi connectivity index (χ2v) is 7.17. The van der Waals surface area contributed by atoms with E-state index in [4.69, 9.17) is 14.6 Å². The first-order chi connectivity index (χ1) is 14.7. The summed E-state index contributed by atoms with van der Waals surface area (Å²) in [5.74, 6) is 3.11. The van der Waals surface area contributed by atoms with Gasteiger partial charge in [-0.1, -0.05) is 0 Å². The maximum atomic E-state index is 9.08. The Bertz CT molecular complexity index is 965. The van der Waals surface area contributed by atoms with Crippen LogP contribution in [-0.2, 0) is 0 Å². The van der Waals surface area contributed by atoms with Crippen LogP contribution in [0.1, 0.15) is 0 Å². The Hall–Kier alpha value is -3.10. The highest BCUT2D eigenvalue weighted by Crippen LogP contribution is 2.32. The zero-order valence-corrected chi connectivity index (χ0v) is 17.3. The van der Waals surface area contributed by atoms with E-state index in [0.29, 0.717) is 11.5 Å². The third-order valence-electron chi connectivity index (χ3n) is 5.40. The van der Waals surface area contributed by atoms with E-state index >= 15 is 0 Å². The predicted octanol–water partition coefficient (Wildman–Crippen LogP) is 2.27. The van der Waals surface area contributed by atoms with E-state index in [-0.39, 0.29) is 6.61 Å². The molecule has 0 bridgehead atoms. The van der Waals surface area contributed by atoms with Gasteiger partial charge in [0.15, 0.2) is 11.5 Å². The predicted molar refractivity (Wildman–Crippen MR) is 116 cm³/mol. The number of nitrogens with zero attached hydrogens (tertiary/aromatic N) is 4. The van der Waals surface area contributed by atoms with E-state index in [9.17, 15) is 0 Å². The number of pyridine rings is 1. The molecule has 2 aromatic heterocycles. The van der Waals surface area contributed by atoms with E-state index in [2.05, 4.69) is 24.8 Å². The topological polar surface area (TPSA) is 86.7 Å². The Morgan fingerprint density at radius 3 is 2.37 bits per heavy atom. The molecule has 158 valence electrons. The SMILES string of the molecule is COc1ccc(-c2cnc(-c3ccc(N4CCN(CCO)CC4)nc3)[nH]2)cc1OC. The number of hydrogen-bond acceptors (Lipinski definition) is 7. The van der Waals surface area contributed by atoms with Gasteiger partial charge >= 0.3 is 0 Å². The lowest BCUT2D eigenvalue weighted by Gasteiger charge is -2.35. The van der Waals surface area contributed by atoms with Crippen LogP contribution in [0.15, 0.2) is 42.7 Å². The number of methoxy groups -OCH3 is 2. The highest BCUT2D eigenvalue weighted by Gasteiger charge is 2.17. The number of ether oxygens (including phenoxy) is 2. The first-order valence-corrected chi connectivity index (χ1v) is 10.0. The molecule has 30 heavy (non-hydrogen) atoms. The number of hydrogen-bond donors (Lipinski definition) is 2. The number of β-amino-alcohol motifs (C(OH)–C–C–N with tert-alkyl or cyclic N) is 1. The number of rotatable bonds is 7. The number of aromatic amines is 1. The Morgan fingerprint density at radius 1 is 0.933 bits per heavy atom. The van der Waals surface area contributed by atoms with Gasteiger partial charge in [-0.05, 0) is 30.3 Å². The van der Waals surface area contributed by atoms with Gasteiger partial charge in [-0.2, -0.15) is 0 Å². The summed E-state index contributed by atoms with van der Waals surface area (Å²) < 4.78 is 10.7.